The van der Waals surface area contributed by atoms with E-state index in [1.165, 1.54) is 0 Å². The van der Waals surface area contributed by atoms with Crippen LogP contribution in [-0.2, 0) is 13.1 Å². The first kappa shape index (κ1) is 20.1. The highest BCUT2D eigenvalue weighted by molar-refractivity contribution is 6.00. The lowest BCUT2D eigenvalue weighted by molar-refractivity contribution is 0.111. The van der Waals surface area contributed by atoms with Gasteiger partial charge in [0.15, 0.2) is 12.6 Å². The van der Waals surface area contributed by atoms with Crippen molar-refractivity contribution in [1.82, 2.24) is 9.13 Å². The molecular formula is C26H28N2O2. The minimum atomic E-state index is 0.812. The van der Waals surface area contributed by atoms with Gasteiger partial charge in [0.1, 0.15) is 0 Å². The predicted molar refractivity (Wildman–Crippen MR) is 123 cm³/mol. The molecule has 0 atom stereocenters. The van der Waals surface area contributed by atoms with Gasteiger partial charge in [-0.05, 0) is 38.8 Å². The highest BCUT2D eigenvalue weighted by atomic mass is 16.1. The fraction of sp³-hybridized carbons (Fsp3) is 0.308. The van der Waals surface area contributed by atoms with E-state index in [1.807, 2.05) is 50.2 Å². The average molecular weight is 401 g/mol. The van der Waals surface area contributed by atoms with Gasteiger partial charge < -0.3 is 9.13 Å². The lowest BCUT2D eigenvalue weighted by Crippen LogP contribution is -2.03. The molecule has 4 heteroatoms. The van der Waals surface area contributed by atoms with Crippen LogP contribution in [0.4, 0.5) is 0 Å². The van der Waals surface area contributed by atoms with Gasteiger partial charge in [0.25, 0.3) is 0 Å². The normalized spacial score (nSPS) is 11.4. The zero-order chi connectivity index (χ0) is 21.1. The Kier molecular flexibility index (Phi) is 5.84. The molecule has 0 saturated heterocycles. The van der Waals surface area contributed by atoms with Crippen molar-refractivity contribution in [1.29, 1.82) is 0 Å². The number of rotatable bonds is 9. The summed E-state index contributed by atoms with van der Waals surface area (Å²) in [4.78, 5) is 23.0. The van der Waals surface area contributed by atoms with Crippen molar-refractivity contribution in [3.63, 3.8) is 0 Å². The highest BCUT2D eigenvalue weighted by Crippen LogP contribution is 2.26. The van der Waals surface area contributed by atoms with E-state index < -0.39 is 0 Å². The van der Waals surface area contributed by atoms with Crippen molar-refractivity contribution in [2.24, 2.45) is 0 Å². The molecule has 0 unspecified atom stereocenters. The summed E-state index contributed by atoms with van der Waals surface area (Å²) >= 11 is 0. The molecule has 0 aliphatic heterocycles. The van der Waals surface area contributed by atoms with Crippen LogP contribution in [0, 0.1) is 13.8 Å². The number of unbranched alkanes of at least 4 members (excludes halogenated alkanes) is 3. The monoisotopic (exact) mass is 400 g/mol. The second-order valence-electron chi connectivity index (χ2n) is 7.99. The fourth-order valence-electron chi connectivity index (χ4n) is 4.68. The van der Waals surface area contributed by atoms with E-state index in [1.54, 1.807) is 0 Å². The summed E-state index contributed by atoms with van der Waals surface area (Å²) in [6.45, 7) is 5.93. The zero-order valence-corrected chi connectivity index (χ0v) is 17.7. The molecule has 4 rings (SSSR count). The first-order valence-corrected chi connectivity index (χ1v) is 10.7. The largest absolute Gasteiger partial charge is 0.344 e. The number of hydrogen-bond acceptors (Lipinski definition) is 2. The van der Waals surface area contributed by atoms with Crippen molar-refractivity contribution in [2.45, 2.75) is 52.6 Å². The fourth-order valence-corrected chi connectivity index (χ4v) is 4.68. The Morgan fingerprint density at radius 1 is 0.633 bits per heavy atom. The molecule has 0 saturated carbocycles. The summed E-state index contributed by atoms with van der Waals surface area (Å²) < 4.78 is 4.55. The zero-order valence-electron chi connectivity index (χ0n) is 17.7. The molecule has 0 aliphatic carbocycles. The van der Waals surface area contributed by atoms with E-state index in [0.717, 1.165) is 95.7 Å². The number of carbonyl (C=O) groups excluding carboxylic acids is 2. The standard InChI is InChI=1S/C26H28N2O2/c1-19-23(17-29)21-11-5-7-13-25(21)27(19)15-9-3-4-10-16-28-20(2)24(18-30)22-12-6-8-14-26(22)28/h5-8,11-14,17-18H,3-4,9-10,15-16H2,1-2H3. The predicted octanol–water partition coefficient (Wildman–Crippen LogP) is 6.10. The molecular weight excluding hydrogens is 372 g/mol. The Morgan fingerprint density at radius 2 is 1.03 bits per heavy atom. The summed E-state index contributed by atoms with van der Waals surface area (Å²) in [6, 6.07) is 16.3. The van der Waals surface area contributed by atoms with Crippen molar-refractivity contribution >= 4 is 34.4 Å². The van der Waals surface area contributed by atoms with Crippen LogP contribution < -0.4 is 0 Å². The number of aryl methyl sites for hydroxylation is 2. The number of fused-ring (bicyclic) bond motifs is 2. The second kappa shape index (κ2) is 8.70. The van der Waals surface area contributed by atoms with Crippen molar-refractivity contribution in [3.05, 3.63) is 71.0 Å². The highest BCUT2D eigenvalue weighted by Gasteiger charge is 2.13. The number of aromatic nitrogens is 2. The maximum absolute atomic E-state index is 11.5. The van der Waals surface area contributed by atoms with E-state index in [0.29, 0.717) is 0 Å². The van der Waals surface area contributed by atoms with Crippen molar-refractivity contribution in [3.8, 4) is 0 Å². The van der Waals surface area contributed by atoms with Crippen LogP contribution in [-0.4, -0.2) is 21.7 Å². The molecule has 0 bridgehead atoms. The third kappa shape index (κ3) is 3.47. The van der Waals surface area contributed by atoms with Crippen LogP contribution in [0.15, 0.2) is 48.5 Å². The van der Waals surface area contributed by atoms with E-state index in [9.17, 15) is 9.59 Å². The van der Waals surface area contributed by atoms with Gasteiger partial charge in [-0.3, -0.25) is 9.59 Å². The Balaban J connectivity index is 1.36. The third-order valence-electron chi connectivity index (χ3n) is 6.31. The van der Waals surface area contributed by atoms with E-state index in [4.69, 9.17) is 0 Å². The number of aldehydes is 2. The maximum Gasteiger partial charge on any atom is 0.152 e. The first-order valence-electron chi connectivity index (χ1n) is 10.7. The van der Waals surface area contributed by atoms with Gasteiger partial charge in [0.2, 0.25) is 0 Å². The summed E-state index contributed by atoms with van der Waals surface area (Å²) in [5, 5.41) is 2.09. The van der Waals surface area contributed by atoms with Gasteiger partial charge in [-0.2, -0.15) is 0 Å². The summed E-state index contributed by atoms with van der Waals surface area (Å²) in [7, 11) is 0. The van der Waals surface area contributed by atoms with Gasteiger partial charge in [0.05, 0.1) is 0 Å². The number of hydrogen-bond donors (Lipinski definition) is 0. The molecule has 2 heterocycles. The molecule has 0 amide bonds. The number of benzene rings is 2. The van der Waals surface area contributed by atoms with E-state index in [-0.39, 0.29) is 0 Å². The van der Waals surface area contributed by atoms with E-state index in [2.05, 4.69) is 21.3 Å². The molecule has 0 aliphatic rings. The Hall–Kier alpha value is -3.14. The van der Waals surface area contributed by atoms with Gasteiger partial charge in [-0.25, -0.2) is 0 Å². The summed E-state index contributed by atoms with van der Waals surface area (Å²) in [5.74, 6) is 0. The Bertz CT molecular complexity index is 1120. The van der Waals surface area contributed by atoms with Crippen molar-refractivity contribution in [2.75, 3.05) is 0 Å². The average Bonchev–Trinajstić information content (AvgIpc) is 3.20. The van der Waals surface area contributed by atoms with Crippen molar-refractivity contribution < 1.29 is 9.59 Å². The molecule has 0 spiro atoms. The quantitative estimate of drug-likeness (QED) is 0.252. The smallest absolute Gasteiger partial charge is 0.152 e. The number of para-hydroxylation sites is 2. The minimum Gasteiger partial charge on any atom is -0.344 e. The molecule has 2 aromatic heterocycles. The van der Waals surface area contributed by atoms with Crippen LogP contribution >= 0.6 is 0 Å². The first-order chi connectivity index (χ1) is 14.7. The summed E-state index contributed by atoms with van der Waals surface area (Å²) in [5.41, 5.74) is 6.03. The molecule has 2 aromatic carbocycles. The molecule has 4 nitrogen and oxygen atoms in total. The molecule has 0 N–H and O–H groups in total. The molecule has 0 fully saturated rings. The van der Waals surface area contributed by atoms with Crippen LogP contribution in [0.1, 0.15) is 57.8 Å². The SMILES string of the molecule is Cc1c(C=O)c2ccccc2n1CCCCCCn1c(C)c(C=O)c2ccccc21. The lowest BCUT2D eigenvalue weighted by atomic mass is 10.1. The van der Waals surface area contributed by atoms with Gasteiger partial charge in [-0.1, -0.05) is 49.2 Å². The van der Waals surface area contributed by atoms with E-state index >= 15 is 0 Å². The Morgan fingerprint density at radius 3 is 1.43 bits per heavy atom. The van der Waals surface area contributed by atoms with Gasteiger partial charge >= 0.3 is 0 Å². The third-order valence-corrected chi connectivity index (χ3v) is 6.31. The van der Waals surface area contributed by atoms with Gasteiger partial charge in [0, 0.05) is 57.4 Å². The molecule has 30 heavy (non-hydrogen) atoms. The minimum absolute atomic E-state index is 0.812. The topological polar surface area (TPSA) is 44.0 Å². The molecule has 0 radical (unpaired) electrons. The van der Waals surface area contributed by atoms with Crippen LogP contribution in [0.5, 0.6) is 0 Å². The number of carbonyl (C=O) groups is 2. The van der Waals surface area contributed by atoms with Crippen LogP contribution in [0.3, 0.4) is 0 Å². The van der Waals surface area contributed by atoms with Crippen LogP contribution in [0.2, 0.25) is 0 Å². The van der Waals surface area contributed by atoms with Crippen LogP contribution in [0.25, 0.3) is 21.8 Å². The number of nitrogens with zero attached hydrogens (tertiary/aromatic N) is 2. The Labute approximate surface area is 177 Å². The summed E-state index contributed by atoms with van der Waals surface area (Å²) in [6.07, 6.45) is 6.41. The second-order valence-corrected chi connectivity index (χ2v) is 7.99. The van der Waals surface area contributed by atoms with Gasteiger partial charge in [-0.15, -0.1) is 0 Å². The molecule has 4 aromatic rings. The maximum atomic E-state index is 11.5. The molecule has 154 valence electrons. The lowest BCUT2D eigenvalue weighted by Gasteiger charge is -2.10.